The highest BCUT2D eigenvalue weighted by Crippen LogP contribution is 2.35. The molecule has 174 valence electrons. The van der Waals surface area contributed by atoms with Gasteiger partial charge in [0.15, 0.2) is 0 Å². The highest BCUT2D eigenvalue weighted by atomic mass is 32.1. The standard InChI is InChI=1S/C27H33N3O2S/c1-18-8-7-11-21(19(18)2)28-26(32)27(3)17-29-22-13-15-33-24(22)16-23(29)25(31)30(27)14-12-20-9-5-4-6-10-20/h4-6,9-10,13,15-16,18-19,21H,7-8,11-12,14,17H2,1-3H3,(H,28,32)/t18-,19-,21+,27+/m1/s1. The lowest BCUT2D eigenvalue weighted by atomic mass is 9.77. The Morgan fingerprint density at radius 2 is 1.97 bits per heavy atom. The van der Waals surface area contributed by atoms with Crippen LogP contribution in [0, 0.1) is 11.8 Å². The molecule has 3 heterocycles. The van der Waals surface area contributed by atoms with Gasteiger partial charge in [0.05, 0.1) is 16.8 Å². The third kappa shape index (κ3) is 3.88. The molecule has 33 heavy (non-hydrogen) atoms. The van der Waals surface area contributed by atoms with Gasteiger partial charge in [0, 0.05) is 12.6 Å². The van der Waals surface area contributed by atoms with E-state index >= 15 is 0 Å². The molecule has 2 aliphatic rings. The number of amides is 2. The lowest BCUT2D eigenvalue weighted by Crippen LogP contribution is -2.65. The largest absolute Gasteiger partial charge is 0.351 e. The number of rotatable bonds is 5. The molecule has 1 aliphatic heterocycles. The van der Waals surface area contributed by atoms with Gasteiger partial charge in [0.1, 0.15) is 11.2 Å². The Morgan fingerprint density at radius 3 is 2.76 bits per heavy atom. The Balaban J connectivity index is 1.47. The van der Waals surface area contributed by atoms with E-state index in [1.807, 2.05) is 41.5 Å². The fourth-order valence-electron chi connectivity index (χ4n) is 5.62. The summed E-state index contributed by atoms with van der Waals surface area (Å²) in [5.74, 6) is 0.954. The van der Waals surface area contributed by atoms with Crippen molar-refractivity contribution in [1.29, 1.82) is 0 Å². The number of fused-ring (bicyclic) bond motifs is 3. The Morgan fingerprint density at radius 1 is 1.18 bits per heavy atom. The number of carbonyl (C=O) groups is 2. The van der Waals surface area contributed by atoms with Crippen molar-refractivity contribution in [3.63, 3.8) is 0 Å². The molecule has 0 saturated heterocycles. The van der Waals surface area contributed by atoms with Crippen molar-refractivity contribution < 1.29 is 9.59 Å². The van der Waals surface area contributed by atoms with Crippen LogP contribution in [0.2, 0.25) is 0 Å². The van der Waals surface area contributed by atoms with Crippen LogP contribution in [-0.2, 0) is 17.8 Å². The van der Waals surface area contributed by atoms with Crippen LogP contribution in [0.25, 0.3) is 10.2 Å². The molecule has 3 aromatic rings. The van der Waals surface area contributed by atoms with Crippen LogP contribution in [0.15, 0.2) is 47.8 Å². The second kappa shape index (κ2) is 8.64. The maximum atomic E-state index is 13.9. The van der Waals surface area contributed by atoms with Crippen molar-refractivity contribution in [1.82, 2.24) is 14.8 Å². The van der Waals surface area contributed by atoms with E-state index in [-0.39, 0.29) is 17.9 Å². The van der Waals surface area contributed by atoms with Crippen LogP contribution in [0.4, 0.5) is 0 Å². The first kappa shape index (κ1) is 22.2. The minimum Gasteiger partial charge on any atom is -0.351 e. The topological polar surface area (TPSA) is 54.3 Å². The van der Waals surface area contributed by atoms with Crippen molar-refractivity contribution in [2.24, 2.45) is 11.8 Å². The van der Waals surface area contributed by atoms with Gasteiger partial charge >= 0.3 is 0 Å². The lowest BCUT2D eigenvalue weighted by Gasteiger charge is -2.45. The molecule has 1 aromatic carbocycles. The summed E-state index contributed by atoms with van der Waals surface area (Å²) in [4.78, 5) is 29.5. The first-order valence-electron chi connectivity index (χ1n) is 12.1. The average Bonchev–Trinajstić information content (AvgIpc) is 3.40. The maximum Gasteiger partial charge on any atom is 0.271 e. The summed E-state index contributed by atoms with van der Waals surface area (Å²) in [5, 5.41) is 5.43. The average molecular weight is 464 g/mol. The van der Waals surface area contributed by atoms with E-state index in [9.17, 15) is 9.59 Å². The second-order valence-corrected chi connectivity index (χ2v) is 11.0. The summed E-state index contributed by atoms with van der Waals surface area (Å²) in [5.41, 5.74) is 1.97. The molecule has 1 fully saturated rings. The number of hydrogen-bond acceptors (Lipinski definition) is 3. The molecule has 5 nitrogen and oxygen atoms in total. The van der Waals surface area contributed by atoms with Gasteiger partial charge in [0.25, 0.3) is 5.91 Å². The molecule has 1 saturated carbocycles. The lowest BCUT2D eigenvalue weighted by molar-refractivity contribution is -0.134. The van der Waals surface area contributed by atoms with Crippen LogP contribution in [-0.4, -0.2) is 39.4 Å². The van der Waals surface area contributed by atoms with E-state index in [1.165, 1.54) is 12.0 Å². The Kier molecular flexibility index (Phi) is 5.81. The molecule has 1 aliphatic carbocycles. The van der Waals surface area contributed by atoms with E-state index in [2.05, 4.69) is 41.9 Å². The first-order valence-corrected chi connectivity index (χ1v) is 13.0. The van der Waals surface area contributed by atoms with Crippen molar-refractivity contribution in [2.45, 2.75) is 64.6 Å². The van der Waals surface area contributed by atoms with Gasteiger partial charge in [-0.3, -0.25) is 9.59 Å². The number of carbonyl (C=O) groups excluding carboxylic acids is 2. The molecule has 1 N–H and O–H groups in total. The minimum atomic E-state index is -0.937. The van der Waals surface area contributed by atoms with Gasteiger partial charge in [0.2, 0.25) is 5.91 Å². The Bertz CT molecular complexity index is 1170. The Labute approximate surface area is 199 Å². The monoisotopic (exact) mass is 463 g/mol. The fraction of sp³-hybridized carbons (Fsp3) is 0.481. The molecule has 0 radical (unpaired) electrons. The minimum absolute atomic E-state index is 0.0300. The maximum absolute atomic E-state index is 13.9. The van der Waals surface area contributed by atoms with E-state index in [0.29, 0.717) is 30.6 Å². The number of hydrogen-bond donors (Lipinski definition) is 1. The van der Waals surface area contributed by atoms with E-state index < -0.39 is 5.54 Å². The summed E-state index contributed by atoms with van der Waals surface area (Å²) in [6.07, 6.45) is 4.09. The summed E-state index contributed by atoms with van der Waals surface area (Å²) < 4.78 is 3.15. The van der Waals surface area contributed by atoms with Crippen molar-refractivity contribution in [3.05, 3.63) is 59.1 Å². The first-order chi connectivity index (χ1) is 15.9. The van der Waals surface area contributed by atoms with Crippen LogP contribution in [0.3, 0.4) is 0 Å². The van der Waals surface area contributed by atoms with Crippen LogP contribution >= 0.6 is 11.3 Å². The predicted molar refractivity (Wildman–Crippen MR) is 134 cm³/mol. The van der Waals surface area contributed by atoms with Crippen molar-refractivity contribution in [3.8, 4) is 0 Å². The van der Waals surface area contributed by atoms with Gasteiger partial charge < -0.3 is 14.8 Å². The van der Waals surface area contributed by atoms with Gasteiger partial charge in [-0.2, -0.15) is 0 Å². The molecule has 0 spiro atoms. The van der Waals surface area contributed by atoms with Crippen molar-refractivity contribution >= 4 is 33.4 Å². The zero-order valence-corrected chi connectivity index (χ0v) is 20.5. The van der Waals surface area contributed by atoms with E-state index in [0.717, 1.165) is 29.5 Å². The summed E-state index contributed by atoms with van der Waals surface area (Å²) >= 11 is 1.64. The molecular formula is C27H33N3O2S. The van der Waals surface area contributed by atoms with Gasteiger partial charge in [-0.1, -0.05) is 57.0 Å². The predicted octanol–water partition coefficient (Wildman–Crippen LogP) is 5.10. The van der Waals surface area contributed by atoms with Crippen molar-refractivity contribution in [2.75, 3.05) is 6.54 Å². The quantitative estimate of drug-likeness (QED) is 0.572. The van der Waals surface area contributed by atoms with Crippen LogP contribution < -0.4 is 5.32 Å². The molecule has 6 heteroatoms. The fourth-order valence-corrected chi connectivity index (χ4v) is 6.44. The van der Waals surface area contributed by atoms with E-state index in [1.54, 1.807) is 11.3 Å². The second-order valence-electron chi connectivity index (χ2n) is 10.1. The molecule has 4 atom stereocenters. The number of benzene rings is 1. The number of aromatic nitrogens is 1. The molecule has 0 bridgehead atoms. The molecule has 2 amide bonds. The summed E-state index contributed by atoms with van der Waals surface area (Å²) in [6, 6.07) is 14.4. The van der Waals surface area contributed by atoms with Crippen LogP contribution in [0.1, 0.15) is 56.1 Å². The smallest absolute Gasteiger partial charge is 0.271 e. The zero-order chi connectivity index (χ0) is 23.2. The SMILES string of the molecule is C[C@@H]1[C@H](C)CCC[C@@H]1NC(=O)[C@]1(C)Cn2c(cc3sccc32)C(=O)N1CCc1ccccc1. The zero-order valence-electron chi connectivity index (χ0n) is 19.7. The van der Waals surface area contributed by atoms with E-state index in [4.69, 9.17) is 0 Å². The number of thiophene rings is 1. The molecule has 0 unspecified atom stereocenters. The summed E-state index contributed by atoms with van der Waals surface area (Å²) in [7, 11) is 0. The number of nitrogens with one attached hydrogen (secondary N) is 1. The van der Waals surface area contributed by atoms with Crippen LogP contribution in [0.5, 0.6) is 0 Å². The summed E-state index contributed by atoms with van der Waals surface area (Å²) in [6.45, 7) is 7.47. The molecule has 5 rings (SSSR count). The number of nitrogens with zero attached hydrogens (tertiary/aromatic N) is 2. The van der Waals surface area contributed by atoms with Gasteiger partial charge in [-0.15, -0.1) is 11.3 Å². The molecule has 2 aromatic heterocycles. The normalized spacial score (nSPS) is 27.5. The molecular weight excluding hydrogens is 430 g/mol. The highest BCUT2D eigenvalue weighted by Gasteiger charge is 2.48. The Hall–Kier alpha value is -2.60. The third-order valence-electron chi connectivity index (χ3n) is 8.03. The van der Waals surface area contributed by atoms with Gasteiger partial charge in [-0.05, 0) is 54.7 Å². The third-order valence-corrected chi connectivity index (χ3v) is 8.88. The highest BCUT2D eigenvalue weighted by molar-refractivity contribution is 7.17. The van der Waals surface area contributed by atoms with Gasteiger partial charge in [-0.25, -0.2) is 0 Å².